The predicted octanol–water partition coefficient (Wildman–Crippen LogP) is 2.68. The van der Waals surface area contributed by atoms with Crippen LogP contribution in [0.15, 0.2) is 0 Å². The number of hydrogen-bond acceptors (Lipinski definition) is 2. The fourth-order valence-electron chi connectivity index (χ4n) is 2.77. The van der Waals surface area contributed by atoms with Gasteiger partial charge in [-0.25, -0.2) is 0 Å². The van der Waals surface area contributed by atoms with E-state index < -0.39 is 0 Å². The molecule has 1 aliphatic heterocycles. The quantitative estimate of drug-likeness (QED) is 0.819. The molecule has 1 heterocycles. The second-order valence-electron chi connectivity index (χ2n) is 7.27. The van der Waals surface area contributed by atoms with Gasteiger partial charge in [-0.15, -0.1) is 0 Å². The highest BCUT2D eigenvalue weighted by molar-refractivity contribution is 5.97. The van der Waals surface area contributed by atoms with Crippen LogP contribution in [0.1, 0.15) is 54.9 Å². The Balaban J connectivity index is 3.03. The van der Waals surface area contributed by atoms with E-state index in [1.54, 1.807) is 0 Å². The van der Waals surface area contributed by atoms with Crippen LogP contribution in [0.4, 0.5) is 0 Å². The number of rotatable bonds is 6. The number of hydrogen-bond donors (Lipinski definition) is 1. The van der Waals surface area contributed by atoms with Crippen LogP contribution in [0.2, 0.25) is 0 Å². The van der Waals surface area contributed by atoms with Crippen LogP contribution in [0, 0.1) is 23.7 Å². The van der Waals surface area contributed by atoms with E-state index >= 15 is 0 Å². The zero-order chi connectivity index (χ0) is 16.3. The summed E-state index contributed by atoms with van der Waals surface area (Å²) in [6.45, 7) is 15.2. The maximum atomic E-state index is 12.9. The summed E-state index contributed by atoms with van der Waals surface area (Å²) in [5.74, 6) is 1.29. The molecule has 0 aromatic rings. The van der Waals surface area contributed by atoms with E-state index in [2.05, 4.69) is 33.0 Å². The SMILES string of the molecule is CCC(C)C1NC(=O)C(C(C)C)N(CC(C)C(C)C)C1=O. The van der Waals surface area contributed by atoms with Gasteiger partial charge >= 0.3 is 0 Å². The average molecular weight is 296 g/mol. The van der Waals surface area contributed by atoms with Gasteiger partial charge in [-0.05, 0) is 23.7 Å². The molecule has 0 aliphatic carbocycles. The van der Waals surface area contributed by atoms with E-state index in [0.717, 1.165) is 6.42 Å². The predicted molar refractivity (Wildman–Crippen MR) is 85.7 cm³/mol. The fourth-order valence-corrected chi connectivity index (χ4v) is 2.77. The molecule has 4 unspecified atom stereocenters. The van der Waals surface area contributed by atoms with Crippen LogP contribution in [-0.2, 0) is 9.59 Å². The van der Waals surface area contributed by atoms with Crippen molar-refractivity contribution in [1.29, 1.82) is 0 Å². The summed E-state index contributed by atoms with van der Waals surface area (Å²) in [5.41, 5.74) is 0. The molecule has 0 bridgehead atoms. The minimum absolute atomic E-state index is 0.00542. The first-order chi connectivity index (χ1) is 9.70. The number of piperazine rings is 1. The molecule has 1 fully saturated rings. The first-order valence-corrected chi connectivity index (χ1v) is 8.31. The highest BCUT2D eigenvalue weighted by Crippen LogP contribution is 2.24. The Morgan fingerprint density at radius 1 is 1.10 bits per heavy atom. The van der Waals surface area contributed by atoms with Gasteiger partial charge in [0, 0.05) is 6.54 Å². The fraction of sp³-hybridized carbons (Fsp3) is 0.882. The Labute approximate surface area is 129 Å². The van der Waals surface area contributed by atoms with Crippen LogP contribution in [-0.4, -0.2) is 35.3 Å². The highest BCUT2D eigenvalue weighted by atomic mass is 16.2. The maximum absolute atomic E-state index is 12.9. The standard InChI is InChI=1S/C17H32N2O2/c1-8-12(6)14-17(21)19(9-13(7)10(2)3)15(11(4)5)16(20)18-14/h10-15H,8-9H2,1-7H3,(H,18,20). The van der Waals surface area contributed by atoms with Gasteiger partial charge in [-0.2, -0.15) is 0 Å². The maximum Gasteiger partial charge on any atom is 0.246 e. The van der Waals surface area contributed by atoms with Gasteiger partial charge in [-0.1, -0.05) is 54.9 Å². The van der Waals surface area contributed by atoms with Gasteiger partial charge < -0.3 is 10.2 Å². The van der Waals surface area contributed by atoms with Crippen molar-refractivity contribution in [1.82, 2.24) is 10.2 Å². The number of carbonyl (C=O) groups is 2. The molecule has 1 saturated heterocycles. The van der Waals surface area contributed by atoms with Crippen LogP contribution < -0.4 is 5.32 Å². The second kappa shape index (κ2) is 7.28. The molecular weight excluding hydrogens is 264 g/mol. The lowest BCUT2D eigenvalue weighted by atomic mass is 9.88. The van der Waals surface area contributed by atoms with Crippen molar-refractivity contribution >= 4 is 11.8 Å². The minimum atomic E-state index is -0.364. The largest absolute Gasteiger partial charge is 0.342 e. The molecule has 0 aromatic heterocycles. The minimum Gasteiger partial charge on any atom is -0.342 e. The molecule has 0 radical (unpaired) electrons. The van der Waals surface area contributed by atoms with Crippen molar-refractivity contribution in [3.63, 3.8) is 0 Å². The zero-order valence-electron chi connectivity index (χ0n) is 14.6. The van der Waals surface area contributed by atoms with Crippen LogP contribution >= 0.6 is 0 Å². The molecule has 1 aliphatic rings. The Hall–Kier alpha value is -1.06. The molecular formula is C17H32N2O2. The summed E-state index contributed by atoms with van der Waals surface area (Å²) >= 11 is 0. The lowest BCUT2D eigenvalue weighted by Gasteiger charge is -2.43. The highest BCUT2D eigenvalue weighted by Gasteiger charge is 2.43. The van der Waals surface area contributed by atoms with Crippen molar-refractivity contribution in [2.24, 2.45) is 23.7 Å². The summed E-state index contributed by atoms with van der Waals surface area (Å²) < 4.78 is 0. The molecule has 4 atom stereocenters. The molecule has 122 valence electrons. The van der Waals surface area contributed by atoms with E-state index in [1.807, 2.05) is 25.7 Å². The molecule has 0 saturated carbocycles. The summed E-state index contributed by atoms with van der Waals surface area (Å²) in [7, 11) is 0. The Kier molecular flexibility index (Phi) is 6.24. The summed E-state index contributed by atoms with van der Waals surface area (Å²) in [4.78, 5) is 27.2. The molecule has 0 aromatic carbocycles. The monoisotopic (exact) mass is 296 g/mol. The van der Waals surface area contributed by atoms with Gasteiger partial charge in [0.2, 0.25) is 11.8 Å². The number of nitrogens with zero attached hydrogens (tertiary/aromatic N) is 1. The molecule has 21 heavy (non-hydrogen) atoms. The summed E-state index contributed by atoms with van der Waals surface area (Å²) in [6, 6.07) is -0.698. The van der Waals surface area contributed by atoms with Gasteiger partial charge in [-0.3, -0.25) is 9.59 Å². The Bertz CT molecular complexity index is 379. The molecule has 4 nitrogen and oxygen atoms in total. The molecule has 1 rings (SSSR count). The third kappa shape index (κ3) is 3.98. The summed E-state index contributed by atoms with van der Waals surface area (Å²) in [6.07, 6.45) is 0.886. The molecule has 2 amide bonds. The number of nitrogens with one attached hydrogen (secondary N) is 1. The third-order valence-electron chi connectivity index (χ3n) is 4.92. The van der Waals surface area contributed by atoms with Crippen molar-refractivity contribution in [3.8, 4) is 0 Å². The van der Waals surface area contributed by atoms with Crippen molar-refractivity contribution in [2.45, 2.75) is 67.0 Å². The molecule has 1 N–H and O–H groups in total. The van der Waals surface area contributed by atoms with Crippen molar-refractivity contribution in [2.75, 3.05) is 6.54 Å². The van der Waals surface area contributed by atoms with E-state index in [9.17, 15) is 9.59 Å². The summed E-state index contributed by atoms with van der Waals surface area (Å²) in [5, 5.41) is 2.95. The first-order valence-electron chi connectivity index (χ1n) is 8.31. The van der Waals surface area contributed by atoms with Gasteiger partial charge in [0.05, 0.1) is 0 Å². The van der Waals surface area contributed by atoms with E-state index in [0.29, 0.717) is 18.4 Å². The van der Waals surface area contributed by atoms with Crippen LogP contribution in [0.5, 0.6) is 0 Å². The third-order valence-corrected chi connectivity index (χ3v) is 4.92. The second-order valence-corrected chi connectivity index (χ2v) is 7.27. The zero-order valence-corrected chi connectivity index (χ0v) is 14.6. The molecule has 0 spiro atoms. The van der Waals surface area contributed by atoms with Gasteiger partial charge in [0.1, 0.15) is 12.1 Å². The lowest BCUT2D eigenvalue weighted by molar-refractivity contribution is -0.153. The van der Waals surface area contributed by atoms with Crippen LogP contribution in [0.25, 0.3) is 0 Å². The Morgan fingerprint density at radius 2 is 1.67 bits per heavy atom. The average Bonchev–Trinajstić information content (AvgIpc) is 2.40. The van der Waals surface area contributed by atoms with Gasteiger partial charge in [0.25, 0.3) is 0 Å². The first kappa shape index (κ1) is 18.0. The van der Waals surface area contributed by atoms with Crippen LogP contribution in [0.3, 0.4) is 0 Å². The van der Waals surface area contributed by atoms with Crippen molar-refractivity contribution < 1.29 is 9.59 Å². The van der Waals surface area contributed by atoms with Gasteiger partial charge in [0.15, 0.2) is 0 Å². The van der Waals surface area contributed by atoms with Crippen molar-refractivity contribution in [3.05, 3.63) is 0 Å². The van der Waals surface area contributed by atoms with E-state index in [4.69, 9.17) is 0 Å². The molecule has 4 heteroatoms. The number of carbonyl (C=O) groups excluding carboxylic acids is 2. The lowest BCUT2D eigenvalue weighted by Crippen LogP contribution is -2.66. The topological polar surface area (TPSA) is 49.4 Å². The van der Waals surface area contributed by atoms with E-state index in [1.165, 1.54) is 0 Å². The van der Waals surface area contributed by atoms with E-state index in [-0.39, 0.29) is 35.7 Å². The number of amides is 2. The smallest absolute Gasteiger partial charge is 0.246 e. The Morgan fingerprint density at radius 3 is 2.10 bits per heavy atom. The normalized spacial score (nSPS) is 26.2.